The highest BCUT2D eigenvalue weighted by atomic mass is 32.2. The number of nitrogens with zero attached hydrogens (tertiary/aromatic N) is 2. The van der Waals surface area contributed by atoms with E-state index in [2.05, 4.69) is 49.3 Å². The van der Waals surface area contributed by atoms with Crippen LogP contribution in [0.25, 0.3) is 11.5 Å². The van der Waals surface area contributed by atoms with Crippen molar-refractivity contribution in [2.45, 2.75) is 48.0 Å². The Morgan fingerprint density at radius 3 is 2.25 bits per heavy atom. The van der Waals surface area contributed by atoms with Crippen molar-refractivity contribution in [2.24, 2.45) is 0 Å². The van der Waals surface area contributed by atoms with E-state index >= 15 is 0 Å². The van der Waals surface area contributed by atoms with Crippen molar-refractivity contribution in [2.75, 3.05) is 5.32 Å². The van der Waals surface area contributed by atoms with Crippen LogP contribution in [0.15, 0.2) is 62.7 Å². The van der Waals surface area contributed by atoms with Gasteiger partial charge in [-0.25, -0.2) is 0 Å². The Bertz CT molecular complexity index is 954. The van der Waals surface area contributed by atoms with Gasteiger partial charge in [0.2, 0.25) is 5.89 Å². The average Bonchev–Trinajstić information content (AvgIpc) is 3.09. The summed E-state index contributed by atoms with van der Waals surface area (Å²) in [5, 5.41) is 11.6. The van der Waals surface area contributed by atoms with E-state index in [1.807, 2.05) is 36.4 Å². The lowest BCUT2D eigenvalue weighted by atomic mass is 10.2. The van der Waals surface area contributed by atoms with Crippen LogP contribution in [0.3, 0.4) is 0 Å². The molecule has 0 fully saturated rings. The van der Waals surface area contributed by atoms with E-state index in [1.165, 1.54) is 0 Å². The molecule has 28 heavy (non-hydrogen) atoms. The van der Waals surface area contributed by atoms with Crippen molar-refractivity contribution in [3.05, 3.63) is 54.1 Å². The zero-order chi connectivity index (χ0) is 20.1. The van der Waals surface area contributed by atoms with Gasteiger partial charge in [0.05, 0.1) is 0 Å². The molecule has 1 heterocycles. The molecule has 0 saturated carbocycles. The highest BCUT2D eigenvalue weighted by molar-refractivity contribution is 8.00. The van der Waals surface area contributed by atoms with Crippen LogP contribution < -0.4 is 5.32 Å². The number of rotatable bonds is 7. The summed E-state index contributed by atoms with van der Waals surface area (Å²) in [4.78, 5) is 14.7. The first kappa shape index (κ1) is 20.5. The quantitative estimate of drug-likeness (QED) is 0.480. The lowest BCUT2D eigenvalue weighted by Crippen LogP contribution is -2.12. The highest BCUT2D eigenvalue weighted by Gasteiger charge is 2.14. The Morgan fingerprint density at radius 2 is 1.57 bits per heavy atom. The Labute approximate surface area is 173 Å². The third-order valence-corrected chi connectivity index (χ3v) is 5.56. The molecule has 0 aliphatic heterocycles. The summed E-state index contributed by atoms with van der Waals surface area (Å²) in [6, 6.07) is 15.5. The first-order valence-electron chi connectivity index (χ1n) is 9.09. The summed E-state index contributed by atoms with van der Waals surface area (Å²) in [6.45, 7) is 8.52. The zero-order valence-electron chi connectivity index (χ0n) is 16.3. The van der Waals surface area contributed by atoms with E-state index in [4.69, 9.17) is 4.42 Å². The first-order chi connectivity index (χ1) is 13.4. The highest BCUT2D eigenvalue weighted by Crippen LogP contribution is 2.28. The standard InChI is InChI=1S/C21H23N3O2S2/c1-13(2)27-17-9-5-7-15(11-17)19(25)22-21-24-23-20(26-21)16-8-6-10-18(12-16)28-14(3)4/h5-14H,1-4H3,(H,22,24,25). The number of anilines is 1. The second kappa shape index (κ2) is 9.30. The predicted molar refractivity (Wildman–Crippen MR) is 116 cm³/mol. The minimum atomic E-state index is -0.273. The SMILES string of the molecule is CC(C)Sc1cccc(C(=O)Nc2nnc(-c3cccc(SC(C)C)c3)o2)c1. The number of hydrogen-bond acceptors (Lipinski definition) is 6. The fourth-order valence-corrected chi connectivity index (χ4v) is 4.31. The van der Waals surface area contributed by atoms with Crippen molar-refractivity contribution < 1.29 is 9.21 Å². The van der Waals surface area contributed by atoms with Crippen molar-refractivity contribution in [1.29, 1.82) is 0 Å². The van der Waals surface area contributed by atoms with E-state index < -0.39 is 0 Å². The molecule has 0 aliphatic carbocycles. The van der Waals surface area contributed by atoms with Crippen molar-refractivity contribution in [1.82, 2.24) is 10.2 Å². The number of benzene rings is 2. The van der Waals surface area contributed by atoms with Gasteiger partial charge in [-0.05, 0) is 36.4 Å². The largest absolute Gasteiger partial charge is 0.403 e. The molecule has 0 radical (unpaired) electrons. The van der Waals surface area contributed by atoms with Crippen LogP contribution in [0.4, 0.5) is 6.01 Å². The molecular weight excluding hydrogens is 390 g/mol. The normalized spacial score (nSPS) is 11.2. The Balaban J connectivity index is 1.72. The molecule has 0 aliphatic rings. The molecule has 1 N–H and O–H groups in total. The van der Waals surface area contributed by atoms with Gasteiger partial charge in [-0.15, -0.1) is 28.6 Å². The maximum Gasteiger partial charge on any atom is 0.322 e. The van der Waals surface area contributed by atoms with Crippen molar-refractivity contribution >= 4 is 35.4 Å². The maximum absolute atomic E-state index is 12.5. The number of hydrogen-bond donors (Lipinski definition) is 1. The van der Waals surface area contributed by atoms with E-state index in [0.29, 0.717) is 22.0 Å². The average molecular weight is 414 g/mol. The molecular formula is C21H23N3O2S2. The van der Waals surface area contributed by atoms with Crippen LogP contribution in [-0.4, -0.2) is 26.6 Å². The van der Waals surface area contributed by atoms with Crippen molar-refractivity contribution in [3.63, 3.8) is 0 Å². The molecule has 1 amide bonds. The van der Waals surface area contributed by atoms with Gasteiger partial charge in [-0.3, -0.25) is 10.1 Å². The molecule has 3 aromatic rings. The fraction of sp³-hybridized carbons (Fsp3) is 0.286. The molecule has 2 aromatic carbocycles. The fourth-order valence-electron chi connectivity index (χ4n) is 2.52. The molecule has 146 valence electrons. The number of carbonyl (C=O) groups excluding carboxylic acids is 1. The second-order valence-electron chi connectivity index (χ2n) is 6.76. The smallest absolute Gasteiger partial charge is 0.322 e. The summed E-state index contributed by atoms with van der Waals surface area (Å²) in [7, 11) is 0. The van der Waals surface area contributed by atoms with Crippen molar-refractivity contribution in [3.8, 4) is 11.5 Å². The van der Waals surface area contributed by atoms with Gasteiger partial charge in [-0.1, -0.05) is 44.9 Å². The zero-order valence-corrected chi connectivity index (χ0v) is 17.9. The molecule has 0 unspecified atom stereocenters. The van der Waals surface area contributed by atoms with Crippen LogP contribution in [-0.2, 0) is 0 Å². The van der Waals surface area contributed by atoms with Gasteiger partial charge in [-0.2, -0.15) is 0 Å². The van der Waals surface area contributed by atoms with Gasteiger partial charge >= 0.3 is 6.01 Å². The van der Waals surface area contributed by atoms with E-state index in [9.17, 15) is 4.79 Å². The third kappa shape index (κ3) is 5.62. The number of carbonyl (C=O) groups is 1. The Morgan fingerprint density at radius 1 is 0.929 bits per heavy atom. The monoisotopic (exact) mass is 413 g/mol. The maximum atomic E-state index is 12.5. The number of thioether (sulfide) groups is 2. The Hall–Kier alpha value is -2.25. The summed E-state index contributed by atoms with van der Waals surface area (Å²) < 4.78 is 5.65. The van der Waals surface area contributed by atoms with Gasteiger partial charge in [0.25, 0.3) is 5.91 Å². The Kier molecular flexibility index (Phi) is 6.80. The van der Waals surface area contributed by atoms with E-state index in [-0.39, 0.29) is 11.9 Å². The predicted octanol–water partition coefficient (Wildman–Crippen LogP) is 5.99. The number of nitrogens with one attached hydrogen (secondary N) is 1. The number of amides is 1. The molecule has 3 rings (SSSR count). The first-order valence-corrected chi connectivity index (χ1v) is 10.9. The summed E-state index contributed by atoms with van der Waals surface area (Å²) in [5.41, 5.74) is 1.38. The van der Waals surface area contributed by atoms with Gasteiger partial charge in [0, 0.05) is 31.4 Å². The molecule has 7 heteroatoms. The summed E-state index contributed by atoms with van der Waals surface area (Å²) in [6.07, 6.45) is 0. The van der Waals surface area contributed by atoms with Crippen LogP contribution in [0, 0.1) is 0 Å². The topological polar surface area (TPSA) is 68.0 Å². The lowest BCUT2D eigenvalue weighted by molar-refractivity contribution is 0.102. The molecule has 1 aromatic heterocycles. The van der Waals surface area contributed by atoms with Crippen LogP contribution in [0.2, 0.25) is 0 Å². The molecule has 0 spiro atoms. The van der Waals surface area contributed by atoms with Gasteiger partial charge < -0.3 is 4.42 Å². The lowest BCUT2D eigenvalue weighted by Gasteiger charge is -2.06. The summed E-state index contributed by atoms with van der Waals surface area (Å²) >= 11 is 3.48. The van der Waals surface area contributed by atoms with Crippen LogP contribution in [0.1, 0.15) is 38.1 Å². The third-order valence-electron chi connectivity index (χ3n) is 3.57. The number of aromatic nitrogens is 2. The summed E-state index contributed by atoms with van der Waals surface area (Å²) in [5.74, 6) is 0.108. The molecule has 0 atom stereocenters. The molecule has 5 nitrogen and oxygen atoms in total. The minimum absolute atomic E-state index is 0.0869. The van der Waals surface area contributed by atoms with Crippen LogP contribution >= 0.6 is 23.5 Å². The van der Waals surface area contributed by atoms with E-state index in [1.54, 1.807) is 29.6 Å². The van der Waals surface area contributed by atoms with Gasteiger partial charge in [0.1, 0.15) is 0 Å². The van der Waals surface area contributed by atoms with Gasteiger partial charge in [0.15, 0.2) is 0 Å². The minimum Gasteiger partial charge on any atom is -0.403 e. The molecule has 0 saturated heterocycles. The molecule has 0 bridgehead atoms. The van der Waals surface area contributed by atoms with E-state index in [0.717, 1.165) is 15.4 Å². The van der Waals surface area contributed by atoms with Crippen LogP contribution in [0.5, 0.6) is 0 Å². The second-order valence-corrected chi connectivity index (χ2v) is 10.1.